The molecule has 14 heavy (non-hydrogen) atoms. The van der Waals surface area contributed by atoms with Crippen LogP contribution in [0.4, 0.5) is 0 Å². The van der Waals surface area contributed by atoms with Gasteiger partial charge in [0.05, 0.1) is 14.4 Å². The molecule has 0 spiro atoms. The molecule has 0 aromatic rings. The maximum Gasteiger partial charge on any atom is 0.0846 e. The highest BCUT2D eigenvalue weighted by Gasteiger charge is 2.10. The molecule has 0 heterocycles. The van der Waals surface area contributed by atoms with Crippen molar-refractivity contribution in [2.75, 3.05) is 46.2 Å². The van der Waals surface area contributed by atoms with Crippen molar-refractivity contribution < 1.29 is 4.21 Å². The van der Waals surface area contributed by atoms with Crippen LogP contribution in [0.2, 0.25) is 0 Å². The first kappa shape index (κ1) is 14.4. The molecule has 0 unspecified atom stereocenters. The molecule has 0 atom stereocenters. The third-order valence-corrected chi connectivity index (χ3v) is 8.98. The summed E-state index contributed by atoms with van der Waals surface area (Å²) in [7, 11) is -3.59. The Morgan fingerprint density at radius 2 is 1.43 bits per heavy atom. The topological polar surface area (TPSA) is 54.1 Å². The second-order valence-corrected chi connectivity index (χ2v) is 13.7. The zero-order chi connectivity index (χ0) is 11.6. The number of nitrogens with zero attached hydrogens (tertiary/aromatic N) is 3. The largest absolute Gasteiger partial charge is 0.285 e. The molecule has 0 aromatic heterocycles. The lowest BCUT2D eigenvalue weighted by Crippen LogP contribution is -1.90. The molecule has 0 aliphatic carbocycles. The maximum absolute atomic E-state index is 11.6. The van der Waals surface area contributed by atoms with Crippen molar-refractivity contribution >= 4 is 24.1 Å². The van der Waals surface area contributed by atoms with Gasteiger partial charge in [-0.25, -0.2) is 4.52 Å². The van der Waals surface area contributed by atoms with Crippen LogP contribution in [0.5, 0.6) is 0 Å². The van der Waals surface area contributed by atoms with E-state index in [1.54, 1.807) is 19.6 Å². The second-order valence-electron chi connectivity index (χ2n) is 4.23. The smallest absolute Gasteiger partial charge is 0.0846 e. The average Bonchev–Trinajstić information content (AvgIpc) is 1.78. The second kappa shape index (κ2) is 4.51. The molecule has 0 saturated heterocycles. The molecule has 0 bridgehead atoms. The summed E-state index contributed by atoms with van der Waals surface area (Å²) in [4.78, 5) is 0. The van der Waals surface area contributed by atoms with Gasteiger partial charge in [0.15, 0.2) is 0 Å². The van der Waals surface area contributed by atoms with Crippen molar-refractivity contribution in [3.8, 4) is 0 Å². The molecule has 0 saturated carbocycles. The van der Waals surface area contributed by atoms with Gasteiger partial charge in [-0.2, -0.15) is 4.13 Å². The van der Waals surface area contributed by atoms with Crippen molar-refractivity contribution in [2.24, 2.45) is 13.4 Å². The predicted octanol–water partition coefficient (Wildman–Crippen LogP) is 3.10. The molecule has 0 radical (unpaired) electrons. The first-order valence-electron chi connectivity index (χ1n) is 4.20. The van der Waals surface area contributed by atoms with Crippen molar-refractivity contribution in [3.63, 3.8) is 0 Å². The molecule has 0 aliphatic rings. The summed E-state index contributed by atoms with van der Waals surface area (Å²) in [5.41, 5.74) is 0. The predicted molar refractivity (Wildman–Crippen MR) is 70.7 cm³/mol. The lowest BCUT2D eigenvalue weighted by molar-refractivity contribution is 0.685. The van der Waals surface area contributed by atoms with Crippen molar-refractivity contribution in [1.82, 2.24) is 0 Å². The van der Waals surface area contributed by atoms with E-state index in [1.165, 1.54) is 0 Å². The van der Waals surface area contributed by atoms with Crippen LogP contribution in [0.15, 0.2) is 13.4 Å². The fourth-order valence-electron chi connectivity index (χ4n) is 1.07. The van der Waals surface area contributed by atoms with Gasteiger partial charge in [-0.3, -0.25) is 8.95 Å². The first-order valence-corrected chi connectivity index (χ1v) is 11.7. The lowest BCUT2D eigenvalue weighted by Gasteiger charge is -2.15. The number of hydrogen-bond donors (Lipinski definition) is 0. The van der Waals surface area contributed by atoms with E-state index in [9.17, 15) is 4.21 Å². The number of rotatable bonds is 2. The molecular weight excluding hydrogens is 236 g/mol. The quantitative estimate of drug-likeness (QED) is 0.701. The van der Waals surface area contributed by atoms with Crippen LogP contribution >= 0.6 is 14.4 Å². The van der Waals surface area contributed by atoms with E-state index < -0.39 is 24.1 Å². The summed E-state index contributed by atoms with van der Waals surface area (Å²) >= 11 is 0. The fourth-order valence-corrected chi connectivity index (χ4v) is 9.95. The molecule has 0 rings (SSSR count). The minimum atomic E-state index is -2.06. The number of hydrogen-bond acceptors (Lipinski definition) is 2. The summed E-state index contributed by atoms with van der Waals surface area (Å²) in [5.74, 6) is 0. The third-order valence-electron chi connectivity index (χ3n) is 1.32. The Kier molecular flexibility index (Phi) is 4.64. The van der Waals surface area contributed by atoms with Gasteiger partial charge in [0.25, 0.3) is 0 Å². The van der Waals surface area contributed by atoms with Gasteiger partial charge in [0, 0.05) is 29.3 Å². The van der Waals surface area contributed by atoms with Crippen molar-refractivity contribution in [3.05, 3.63) is 0 Å². The third kappa shape index (κ3) is 6.80. The molecule has 4 nitrogen and oxygen atoms in total. The van der Waals surface area contributed by atoms with E-state index in [1.807, 2.05) is 26.7 Å². The molecule has 0 amide bonds. The highest BCUT2D eigenvalue weighted by atomic mass is 32.2. The summed E-state index contributed by atoms with van der Waals surface area (Å²) in [6.45, 7) is 8.04. The Labute approximate surface area is 88.3 Å². The maximum atomic E-state index is 11.6. The van der Waals surface area contributed by atoms with Crippen LogP contribution in [0.1, 0.15) is 0 Å². The minimum Gasteiger partial charge on any atom is -0.285 e. The van der Waals surface area contributed by atoms with E-state index in [0.717, 1.165) is 0 Å². The van der Waals surface area contributed by atoms with Gasteiger partial charge in [0.2, 0.25) is 0 Å². The average molecular weight is 257 g/mol. The lowest BCUT2D eigenvalue weighted by atomic mass is 11.6. The minimum absolute atomic E-state index is 1.55. The highest BCUT2D eigenvalue weighted by Crippen LogP contribution is 2.57. The van der Waals surface area contributed by atoms with Crippen LogP contribution < -0.4 is 0 Å². The standard InChI is InChI=1S/C7H21N3OP2S/c1-8-12(2,3)9-13(4,5)10-14(6,7)11/h1-7H3. The molecule has 0 aliphatic heterocycles. The molecule has 7 heteroatoms. The summed E-state index contributed by atoms with van der Waals surface area (Å²) in [6, 6.07) is 0. The fraction of sp³-hybridized carbons (Fsp3) is 1.00. The van der Waals surface area contributed by atoms with Crippen molar-refractivity contribution in [2.45, 2.75) is 0 Å². The Balaban J connectivity index is 5.52. The zero-order valence-electron chi connectivity index (χ0n) is 10.1. The van der Waals surface area contributed by atoms with E-state index >= 15 is 0 Å². The monoisotopic (exact) mass is 257 g/mol. The van der Waals surface area contributed by atoms with Gasteiger partial charge in [-0.15, -0.1) is 0 Å². The molecular formula is C7H21N3OP2S. The summed E-state index contributed by atoms with van der Waals surface area (Å²) in [5, 5.41) is 0. The molecule has 0 fully saturated rings. The first-order chi connectivity index (χ1) is 5.97. The van der Waals surface area contributed by atoms with Gasteiger partial charge in [-0.1, -0.05) is 0 Å². The van der Waals surface area contributed by atoms with Gasteiger partial charge < -0.3 is 0 Å². The Bertz CT molecular complexity index is 412. The zero-order valence-corrected chi connectivity index (χ0v) is 12.7. The van der Waals surface area contributed by atoms with Crippen LogP contribution in [0, 0.1) is 0 Å². The van der Waals surface area contributed by atoms with Gasteiger partial charge >= 0.3 is 0 Å². The van der Waals surface area contributed by atoms with E-state index in [0.29, 0.717) is 0 Å². The van der Waals surface area contributed by atoms with Crippen LogP contribution in [-0.2, 0) is 9.73 Å². The van der Waals surface area contributed by atoms with Gasteiger partial charge in [0.1, 0.15) is 0 Å². The van der Waals surface area contributed by atoms with Crippen LogP contribution in [0.3, 0.4) is 0 Å². The summed E-state index contributed by atoms with van der Waals surface area (Å²) in [6.07, 6.45) is 3.30. The highest BCUT2D eigenvalue weighted by molar-refractivity contribution is 7.96. The summed E-state index contributed by atoms with van der Waals surface area (Å²) < 4.78 is 24.8. The Morgan fingerprint density at radius 3 is 1.71 bits per heavy atom. The molecule has 0 aromatic carbocycles. The van der Waals surface area contributed by atoms with Gasteiger partial charge in [-0.05, 0) is 26.7 Å². The van der Waals surface area contributed by atoms with Crippen LogP contribution in [-0.4, -0.2) is 50.4 Å². The molecule has 0 N–H and O–H groups in total. The SMILES string of the molecule is CN=P(C)(C)N=P(C)(C)N=S(C)(C)=O. The normalized spacial score (nSPS) is 13.6. The van der Waals surface area contributed by atoms with Crippen molar-refractivity contribution in [1.29, 1.82) is 0 Å². The molecule has 86 valence electrons. The van der Waals surface area contributed by atoms with E-state index in [-0.39, 0.29) is 0 Å². The van der Waals surface area contributed by atoms with E-state index in [2.05, 4.69) is 13.4 Å². The van der Waals surface area contributed by atoms with E-state index in [4.69, 9.17) is 0 Å². The Hall–Kier alpha value is 0.410. The van der Waals surface area contributed by atoms with Crippen LogP contribution in [0.25, 0.3) is 0 Å². The Morgan fingerprint density at radius 1 is 1.00 bits per heavy atom.